The quantitative estimate of drug-likeness (QED) is 0.616. The highest BCUT2D eigenvalue weighted by Crippen LogP contribution is 2.06. The molecule has 0 atom stereocenters. The minimum atomic E-state index is -0.591. The number of nitrogens with one attached hydrogen (secondary N) is 1. The number of carbonyl (C=O) groups is 2. The maximum absolute atomic E-state index is 11.1. The Hall–Kier alpha value is -0.970. The zero-order valence-electron chi connectivity index (χ0n) is 10.2. The predicted octanol–water partition coefficient (Wildman–Crippen LogP) is 2.23. The fraction of sp³-hybridized carbons (Fsp3) is 0.800. The largest absolute Gasteiger partial charge is 0.444 e. The molecule has 0 aliphatic heterocycles. The molecule has 0 saturated carbocycles. The van der Waals surface area contributed by atoms with E-state index in [1.54, 1.807) is 20.8 Å². The molecule has 1 amide bonds. The number of alkyl carbamates (subject to hydrolysis) is 1. The van der Waals surface area contributed by atoms with E-state index in [9.17, 15) is 9.59 Å². The first-order valence-corrected chi connectivity index (χ1v) is 4.97. The molecule has 0 aliphatic rings. The average Bonchev–Trinajstić information content (AvgIpc) is 2.00. The monoisotopic (exact) mass is 253 g/mol. The zero-order valence-corrected chi connectivity index (χ0v) is 11.0. The van der Waals surface area contributed by atoms with Gasteiger partial charge in [-0.3, -0.25) is 10.1 Å². The molecule has 0 fully saturated rings. The second-order valence-corrected chi connectivity index (χ2v) is 4.09. The number of amides is 1. The molecular weight excluding hydrogens is 234 g/mol. The van der Waals surface area contributed by atoms with Crippen molar-refractivity contribution in [1.82, 2.24) is 5.32 Å². The van der Waals surface area contributed by atoms with Crippen molar-refractivity contribution in [3.05, 3.63) is 0 Å². The molecule has 96 valence electrons. The molecule has 0 heterocycles. The molecule has 5 nitrogen and oxygen atoms in total. The molecule has 0 bridgehead atoms. The summed E-state index contributed by atoms with van der Waals surface area (Å²) in [7, 11) is 0. The van der Waals surface area contributed by atoms with E-state index in [0.717, 1.165) is 6.42 Å². The normalized spacial score (nSPS) is 10.0. The molecule has 1 N–H and O–H groups in total. The van der Waals surface area contributed by atoms with Crippen LogP contribution in [0.5, 0.6) is 0 Å². The lowest BCUT2D eigenvalue weighted by atomic mass is 10.2. The van der Waals surface area contributed by atoms with E-state index < -0.39 is 11.7 Å². The van der Waals surface area contributed by atoms with Crippen LogP contribution in [0.3, 0.4) is 0 Å². The van der Waals surface area contributed by atoms with Gasteiger partial charge in [-0.1, -0.05) is 6.92 Å². The van der Waals surface area contributed by atoms with Crippen LogP contribution in [0.1, 0.15) is 40.5 Å². The number of halogens is 1. The molecule has 0 aliphatic carbocycles. The molecular formula is C10H20ClNO4. The minimum Gasteiger partial charge on any atom is -0.444 e. The molecule has 0 aromatic carbocycles. The van der Waals surface area contributed by atoms with Gasteiger partial charge in [-0.25, -0.2) is 4.79 Å². The van der Waals surface area contributed by atoms with Crippen LogP contribution in [0.25, 0.3) is 0 Å². The van der Waals surface area contributed by atoms with Crippen molar-refractivity contribution in [2.24, 2.45) is 0 Å². The minimum absolute atomic E-state index is 0. The lowest BCUT2D eigenvalue weighted by Gasteiger charge is -2.19. The first-order valence-electron chi connectivity index (χ1n) is 4.97. The third kappa shape index (κ3) is 11.1. The number of ether oxygens (including phenoxy) is 2. The molecule has 0 unspecified atom stereocenters. The molecule has 6 heteroatoms. The molecule has 0 rings (SSSR count). The van der Waals surface area contributed by atoms with Crippen LogP contribution in [0, 0.1) is 0 Å². The Morgan fingerprint density at radius 3 is 2.25 bits per heavy atom. The molecule has 0 radical (unpaired) electrons. The SMILES string of the molecule is CCCC(=O)OCNC(=O)OC(C)(C)C.Cl. The third-order valence-corrected chi connectivity index (χ3v) is 1.30. The highest BCUT2D eigenvalue weighted by Gasteiger charge is 2.15. The van der Waals surface area contributed by atoms with E-state index in [-0.39, 0.29) is 25.1 Å². The molecule has 16 heavy (non-hydrogen) atoms. The smallest absolute Gasteiger partial charge is 0.410 e. The van der Waals surface area contributed by atoms with Crippen molar-refractivity contribution in [1.29, 1.82) is 0 Å². The Kier molecular flexibility index (Phi) is 8.95. The third-order valence-electron chi connectivity index (χ3n) is 1.30. The summed E-state index contributed by atoms with van der Waals surface area (Å²) in [5.74, 6) is -0.325. The van der Waals surface area contributed by atoms with Gasteiger partial charge in [0.25, 0.3) is 0 Å². The van der Waals surface area contributed by atoms with E-state index in [1.165, 1.54) is 0 Å². The Morgan fingerprint density at radius 2 is 1.81 bits per heavy atom. The van der Waals surface area contributed by atoms with Gasteiger partial charge in [0, 0.05) is 6.42 Å². The van der Waals surface area contributed by atoms with Gasteiger partial charge < -0.3 is 9.47 Å². The maximum Gasteiger partial charge on any atom is 0.410 e. The summed E-state index contributed by atoms with van der Waals surface area (Å²) in [4.78, 5) is 22.0. The highest BCUT2D eigenvalue weighted by molar-refractivity contribution is 5.85. The van der Waals surface area contributed by atoms with Crippen LogP contribution < -0.4 is 5.32 Å². The van der Waals surface area contributed by atoms with Crippen molar-refractivity contribution in [2.45, 2.75) is 46.1 Å². The Morgan fingerprint density at radius 1 is 1.25 bits per heavy atom. The fourth-order valence-electron chi connectivity index (χ4n) is 0.766. The van der Waals surface area contributed by atoms with E-state index in [0.29, 0.717) is 6.42 Å². The van der Waals surface area contributed by atoms with E-state index >= 15 is 0 Å². The van der Waals surface area contributed by atoms with Gasteiger partial charge in [0.1, 0.15) is 5.60 Å². The van der Waals surface area contributed by atoms with Crippen LogP contribution in [0.15, 0.2) is 0 Å². The maximum atomic E-state index is 11.1. The Balaban J connectivity index is 0. The van der Waals surface area contributed by atoms with Gasteiger partial charge >= 0.3 is 12.1 Å². The van der Waals surface area contributed by atoms with Crippen molar-refractivity contribution in [3.63, 3.8) is 0 Å². The summed E-state index contributed by atoms with van der Waals surface area (Å²) in [5, 5.41) is 2.32. The van der Waals surface area contributed by atoms with Gasteiger partial charge in [-0.2, -0.15) is 0 Å². The number of carbonyl (C=O) groups excluding carboxylic acids is 2. The van der Waals surface area contributed by atoms with Crippen molar-refractivity contribution in [3.8, 4) is 0 Å². The Labute approximate surface area is 102 Å². The van der Waals surface area contributed by atoms with Crippen molar-refractivity contribution in [2.75, 3.05) is 6.73 Å². The van der Waals surface area contributed by atoms with Crippen LogP contribution in [-0.4, -0.2) is 24.4 Å². The summed E-state index contributed by atoms with van der Waals surface area (Å²) in [6, 6.07) is 0. The topological polar surface area (TPSA) is 64.6 Å². The molecule has 0 aromatic heterocycles. The number of esters is 1. The van der Waals surface area contributed by atoms with Crippen molar-refractivity contribution < 1.29 is 19.1 Å². The lowest BCUT2D eigenvalue weighted by Crippen LogP contribution is -2.34. The zero-order chi connectivity index (χ0) is 11.9. The first-order chi connectivity index (χ1) is 6.85. The molecule has 0 saturated heterocycles. The summed E-state index contributed by atoms with van der Waals surface area (Å²) in [6.07, 6.45) is 0.494. The van der Waals surface area contributed by atoms with Crippen molar-refractivity contribution >= 4 is 24.5 Å². The summed E-state index contributed by atoms with van der Waals surface area (Å²) >= 11 is 0. The van der Waals surface area contributed by atoms with Gasteiger partial charge in [-0.05, 0) is 27.2 Å². The number of hydrogen-bond donors (Lipinski definition) is 1. The van der Waals surface area contributed by atoms with Gasteiger partial charge in [0.2, 0.25) is 0 Å². The average molecular weight is 254 g/mol. The summed E-state index contributed by atoms with van der Waals surface area (Å²) in [5.41, 5.74) is -0.544. The second-order valence-electron chi connectivity index (χ2n) is 4.09. The second kappa shape index (κ2) is 8.21. The van der Waals surface area contributed by atoms with E-state index in [2.05, 4.69) is 5.32 Å². The lowest BCUT2D eigenvalue weighted by molar-refractivity contribution is -0.144. The van der Waals surface area contributed by atoms with Crippen LogP contribution in [0.4, 0.5) is 4.79 Å². The van der Waals surface area contributed by atoms with E-state index in [1.807, 2.05) is 6.92 Å². The summed E-state index contributed by atoms with van der Waals surface area (Å²) < 4.78 is 9.65. The standard InChI is InChI=1S/C10H19NO4.ClH/c1-5-6-8(12)14-7-11-9(13)15-10(2,3)4;/h5-7H2,1-4H3,(H,11,13);1H. The van der Waals surface area contributed by atoms with Crippen LogP contribution >= 0.6 is 12.4 Å². The first kappa shape index (κ1) is 17.4. The Bertz CT molecular complexity index is 225. The fourth-order valence-corrected chi connectivity index (χ4v) is 0.766. The predicted molar refractivity (Wildman–Crippen MR) is 62.5 cm³/mol. The van der Waals surface area contributed by atoms with E-state index in [4.69, 9.17) is 9.47 Å². The number of rotatable bonds is 4. The molecule has 0 spiro atoms. The van der Waals surface area contributed by atoms with Gasteiger partial charge in [0.15, 0.2) is 6.73 Å². The highest BCUT2D eigenvalue weighted by atomic mass is 35.5. The number of hydrogen-bond acceptors (Lipinski definition) is 4. The van der Waals surface area contributed by atoms with Crippen LogP contribution in [0.2, 0.25) is 0 Å². The van der Waals surface area contributed by atoms with Crippen LogP contribution in [-0.2, 0) is 14.3 Å². The summed E-state index contributed by atoms with van der Waals surface area (Å²) in [6.45, 7) is 7.01. The van der Waals surface area contributed by atoms with Gasteiger partial charge in [0.05, 0.1) is 0 Å². The molecule has 0 aromatic rings. The van der Waals surface area contributed by atoms with Gasteiger partial charge in [-0.15, -0.1) is 12.4 Å².